The smallest absolute Gasteiger partial charge is 0.323 e. The molecule has 2 amide bonds. The monoisotopic (exact) mass is 449 g/mol. The van der Waals surface area contributed by atoms with Crippen molar-refractivity contribution < 1.29 is 13.9 Å². The zero-order chi connectivity index (χ0) is 22.8. The first kappa shape index (κ1) is 21.1. The molecule has 0 aliphatic carbocycles. The Kier molecular flexibility index (Phi) is 5.76. The molecule has 9 nitrogen and oxygen atoms in total. The highest BCUT2D eigenvalue weighted by Crippen LogP contribution is 2.27. The van der Waals surface area contributed by atoms with Crippen LogP contribution in [0.3, 0.4) is 0 Å². The maximum atomic E-state index is 14.0. The number of morpholine rings is 1. The molecule has 0 atom stereocenters. The van der Waals surface area contributed by atoms with E-state index in [-0.39, 0.29) is 5.69 Å². The summed E-state index contributed by atoms with van der Waals surface area (Å²) >= 11 is 0. The number of fused-ring (bicyclic) bond motifs is 1. The minimum atomic E-state index is -0.574. The van der Waals surface area contributed by atoms with Gasteiger partial charge in [-0.2, -0.15) is 5.10 Å². The predicted octanol–water partition coefficient (Wildman–Crippen LogP) is 3.88. The molecule has 3 heterocycles. The molecule has 0 unspecified atom stereocenters. The highest BCUT2D eigenvalue weighted by Gasteiger charge is 2.17. The van der Waals surface area contributed by atoms with Crippen LogP contribution >= 0.6 is 0 Å². The second kappa shape index (κ2) is 9.00. The minimum absolute atomic E-state index is 0.136. The molecule has 33 heavy (non-hydrogen) atoms. The van der Waals surface area contributed by atoms with Crippen molar-refractivity contribution in [1.82, 2.24) is 25.1 Å². The van der Waals surface area contributed by atoms with Crippen LogP contribution in [0.2, 0.25) is 0 Å². The standard InChI is InChI=1S/C23H24FN7O2/c1-14-3-2-4-16(24)20(14)29-23(32)28-19-12-25-30-21(19)22-26-17-6-5-15(11-18(17)27-22)13-31-7-9-33-10-8-31/h2-6,11-12H,7-10,13H2,1H3,(H,25,30)(H,26,27)(H2,28,29,32). The lowest BCUT2D eigenvalue weighted by molar-refractivity contribution is 0.0342. The Bertz CT molecular complexity index is 1270. The van der Waals surface area contributed by atoms with Crippen molar-refractivity contribution in [3.05, 3.63) is 59.5 Å². The molecule has 2 aromatic heterocycles. The number of nitrogens with one attached hydrogen (secondary N) is 4. The normalized spacial score (nSPS) is 14.5. The summed E-state index contributed by atoms with van der Waals surface area (Å²) in [6.45, 7) is 5.93. The van der Waals surface area contributed by atoms with Gasteiger partial charge in [-0.05, 0) is 36.2 Å². The summed E-state index contributed by atoms with van der Waals surface area (Å²) in [5.74, 6) is 0.0473. The summed E-state index contributed by atoms with van der Waals surface area (Å²) in [4.78, 5) is 22.8. The van der Waals surface area contributed by atoms with Crippen molar-refractivity contribution in [3.63, 3.8) is 0 Å². The van der Waals surface area contributed by atoms with Gasteiger partial charge in [0.1, 0.15) is 11.5 Å². The molecule has 0 bridgehead atoms. The van der Waals surface area contributed by atoms with Crippen LogP contribution in [0.5, 0.6) is 0 Å². The Morgan fingerprint density at radius 3 is 2.88 bits per heavy atom. The van der Waals surface area contributed by atoms with Crippen LogP contribution < -0.4 is 10.6 Å². The lowest BCUT2D eigenvalue weighted by Crippen LogP contribution is -2.35. The number of halogens is 1. The van der Waals surface area contributed by atoms with Gasteiger partial charge in [-0.25, -0.2) is 14.2 Å². The van der Waals surface area contributed by atoms with E-state index < -0.39 is 11.8 Å². The summed E-state index contributed by atoms with van der Waals surface area (Å²) < 4.78 is 19.5. The number of aromatic nitrogens is 4. The largest absolute Gasteiger partial charge is 0.379 e. The molecule has 4 aromatic rings. The van der Waals surface area contributed by atoms with Crippen LogP contribution in [0, 0.1) is 12.7 Å². The number of nitrogens with zero attached hydrogens (tertiary/aromatic N) is 3. The predicted molar refractivity (Wildman–Crippen MR) is 124 cm³/mol. The third kappa shape index (κ3) is 4.57. The van der Waals surface area contributed by atoms with Crippen molar-refractivity contribution in [3.8, 4) is 11.5 Å². The molecule has 5 rings (SSSR count). The van der Waals surface area contributed by atoms with Crippen molar-refractivity contribution in [2.45, 2.75) is 13.5 Å². The summed E-state index contributed by atoms with van der Waals surface area (Å²) in [5.41, 5.74) is 4.60. The molecule has 170 valence electrons. The van der Waals surface area contributed by atoms with E-state index in [0.29, 0.717) is 22.8 Å². The van der Waals surface area contributed by atoms with Crippen molar-refractivity contribution in [2.75, 3.05) is 36.9 Å². The lowest BCUT2D eigenvalue weighted by Gasteiger charge is -2.26. The number of carbonyl (C=O) groups is 1. The molecular weight excluding hydrogens is 425 g/mol. The van der Waals surface area contributed by atoms with E-state index in [9.17, 15) is 9.18 Å². The Balaban J connectivity index is 1.33. The van der Waals surface area contributed by atoms with Gasteiger partial charge in [0.2, 0.25) is 0 Å². The van der Waals surface area contributed by atoms with Gasteiger partial charge in [0, 0.05) is 19.6 Å². The Morgan fingerprint density at radius 2 is 2.06 bits per heavy atom. The molecule has 0 radical (unpaired) electrons. The molecule has 1 aliphatic heterocycles. The molecule has 2 aromatic carbocycles. The lowest BCUT2D eigenvalue weighted by atomic mass is 10.2. The molecule has 1 fully saturated rings. The van der Waals surface area contributed by atoms with E-state index in [0.717, 1.165) is 43.9 Å². The number of amides is 2. The number of carbonyl (C=O) groups excluding carboxylic acids is 1. The summed E-state index contributed by atoms with van der Waals surface area (Å²) in [7, 11) is 0. The fourth-order valence-electron chi connectivity index (χ4n) is 3.91. The van der Waals surface area contributed by atoms with Crippen LogP contribution in [0.4, 0.5) is 20.6 Å². The van der Waals surface area contributed by atoms with Gasteiger partial charge in [-0.15, -0.1) is 0 Å². The number of aromatic amines is 2. The third-order valence-electron chi connectivity index (χ3n) is 5.64. The molecule has 4 N–H and O–H groups in total. The number of anilines is 2. The van der Waals surface area contributed by atoms with E-state index >= 15 is 0 Å². The molecule has 1 aliphatic rings. The van der Waals surface area contributed by atoms with Crippen LogP contribution in [0.1, 0.15) is 11.1 Å². The zero-order valence-corrected chi connectivity index (χ0v) is 18.1. The average Bonchev–Trinajstić information content (AvgIpc) is 3.43. The maximum Gasteiger partial charge on any atom is 0.323 e. The zero-order valence-electron chi connectivity index (χ0n) is 18.1. The van der Waals surface area contributed by atoms with Gasteiger partial charge in [0.05, 0.1) is 41.8 Å². The topological polar surface area (TPSA) is 111 Å². The highest BCUT2D eigenvalue weighted by molar-refractivity contribution is 6.02. The van der Waals surface area contributed by atoms with Crippen LogP contribution in [-0.4, -0.2) is 57.4 Å². The first-order valence-corrected chi connectivity index (χ1v) is 10.7. The third-order valence-corrected chi connectivity index (χ3v) is 5.64. The number of hydrogen-bond acceptors (Lipinski definition) is 5. The summed E-state index contributed by atoms with van der Waals surface area (Å²) in [6.07, 6.45) is 1.49. The summed E-state index contributed by atoms with van der Waals surface area (Å²) in [5, 5.41) is 12.2. The quantitative estimate of drug-likeness (QED) is 0.370. The van der Waals surface area contributed by atoms with Gasteiger partial charge >= 0.3 is 6.03 Å². The summed E-state index contributed by atoms with van der Waals surface area (Å²) in [6, 6.07) is 10.2. The Hall–Kier alpha value is -3.76. The number of H-pyrrole nitrogens is 2. The molecule has 0 saturated carbocycles. The fourth-order valence-corrected chi connectivity index (χ4v) is 3.91. The van der Waals surface area contributed by atoms with E-state index in [1.54, 1.807) is 19.1 Å². The Morgan fingerprint density at radius 1 is 1.21 bits per heavy atom. The van der Waals surface area contributed by atoms with Crippen molar-refractivity contribution >= 4 is 28.4 Å². The van der Waals surface area contributed by atoms with E-state index in [2.05, 4.69) is 47.8 Å². The fraction of sp³-hybridized carbons (Fsp3) is 0.261. The van der Waals surface area contributed by atoms with Gasteiger partial charge in [0.15, 0.2) is 5.82 Å². The van der Waals surface area contributed by atoms with Crippen molar-refractivity contribution in [2.24, 2.45) is 0 Å². The Labute approximate surface area is 189 Å². The van der Waals surface area contributed by atoms with E-state index in [4.69, 9.17) is 4.74 Å². The van der Waals surface area contributed by atoms with Gasteiger partial charge in [-0.1, -0.05) is 18.2 Å². The van der Waals surface area contributed by atoms with Crippen LogP contribution in [0.15, 0.2) is 42.6 Å². The maximum absolute atomic E-state index is 14.0. The van der Waals surface area contributed by atoms with E-state index in [1.165, 1.54) is 17.8 Å². The second-order valence-corrected chi connectivity index (χ2v) is 7.99. The van der Waals surface area contributed by atoms with Gasteiger partial charge in [0.25, 0.3) is 0 Å². The molecular formula is C23H24FN7O2. The van der Waals surface area contributed by atoms with Crippen molar-refractivity contribution in [1.29, 1.82) is 0 Å². The number of rotatable bonds is 5. The number of ether oxygens (including phenoxy) is 1. The first-order valence-electron chi connectivity index (χ1n) is 10.7. The van der Waals surface area contributed by atoms with E-state index in [1.807, 2.05) is 6.07 Å². The number of aryl methyl sites for hydroxylation is 1. The van der Waals surface area contributed by atoms with Crippen LogP contribution in [-0.2, 0) is 11.3 Å². The number of benzene rings is 2. The van der Waals surface area contributed by atoms with Gasteiger partial charge in [-0.3, -0.25) is 10.00 Å². The molecule has 1 saturated heterocycles. The second-order valence-electron chi connectivity index (χ2n) is 7.99. The highest BCUT2D eigenvalue weighted by atomic mass is 19.1. The SMILES string of the molecule is Cc1cccc(F)c1NC(=O)Nc1cn[nH]c1-c1nc2ccc(CN3CCOCC3)cc2[nH]1. The first-order chi connectivity index (χ1) is 16.1. The number of hydrogen-bond donors (Lipinski definition) is 4. The molecule has 10 heteroatoms. The van der Waals surface area contributed by atoms with Crippen LogP contribution in [0.25, 0.3) is 22.6 Å². The molecule has 0 spiro atoms. The average molecular weight is 449 g/mol. The van der Waals surface area contributed by atoms with Gasteiger partial charge < -0.3 is 20.4 Å². The minimum Gasteiger partial charge on any atom is -0.379 e. The number of imidazole rings is 1. The number of urea groups is 1. The number of para-hydroxylation sites is 1.